The number of nitrogens with zero attached hydrogens (tertiary/aromatic N) is 3. The van der Waals surface area contributed by atoms with Crippen molar-refractivity contribution >= 4 is 54.1 Å². The van der Waals surface area contributed by atoms with Crippen LogP contribution < -0.4 is 0 Å². The van der Waals surface area contributed by atoms with E-state index < -0.39 is 0 Å². The van der Waals surface area contributed by atoms with Crippen LogP contribution in [-0.4, -0.2) is 14.5 Å². The van der Waals surface area contributed by atoms with Crippen LogP contribution in [0.2, 0.25) is 0 Å². The summed E-state index contributed by atoms with van der Waals surface area (Å²) >= 11 is 0. The molecule has 0 amide bonds. The third-order valence-electron chi connectivity index (χ3n) is 14.5. The number of aromatic nitrogens is 3. The minimum atomic E-state index is 0.667. The Hall–Kier alpha value is -9.70. The average Bonchev–Trinajstić information content (AvgIpc) is 3.81. The van der Waals surface area contributed by atoms with Gasteiger partial charge < -0.3 is 4.57 Å². The summed E-state index contributed by atoms with van der Waals surface area (Å²) in [6.07, 6.45) is 0. The van der Waals surface area contributed by atoms with E-state index in [0.717, 1.165) is 78.2 Å². The summed E-state index contributed by atoms with van der Waals surface area (Å²) < 4.78 is 2.45. The lowest BCUT2D eigenvalue weighted by atomic mass is 9.91. The molecule has 2 aromatic heterocycles. The zero-order valence-corrected chi connectivity index (χ0v) is 39.8. The fourth-order valence-electron chi connectivity index (χ4n) is 11.0. The van der Waals surface area contributed by atoms with Crippen molar-refractivity contribution in [2.45, 2.75) is 0 Å². The Balaban J connectivity index is 1.05. The highest BCUT2D eigenvalue weighted by atomic mass is 15.0. The van der Waals surface area contributed by atoms with E-state index in [0.29, 0.717) is 5.82 Å². The predicted octanol–water partition coefficient (Wildman–Crippen LogP) is 18.7. The molecule has 0 radical (unpaired) electrons. The fraction of sp³-hybridized carbons (Fsp3) is 0. The second-order valence-corrected chi connectivity index (χ2v) is 18.9. The summed E-state index contributed by atoms with van der Waals surface area (Å²) in [5.41, 5.74) is 17.1. The van der Waals surface area contributed by atoms with Crippen molar-refractivity contribution in [3.05, 3.63) is 273 Å². The number of benzene rings is 12. The molecule has 340 valence electrons. The van der Waals surface area contributed by atoms with Gasteiger partial charge in [-0.2, -0.15) is 0 Å². The smallest absolute Gasteiger partial charge is 0.160 e. The van der Waals surface area contributed by atoms with Crippen molar-refractivity contribution in [2.24, 2.45) is 0 Å². The Labute approximate surface area is 423 Å². The Kier molecular flexibility index (Phi) is 10.2. The van der Waals surface area contributed by atoms with Crippen molar-refractivity contribution in [3.8, 4) is 84.1 Å². The van der Waals surface area contributed by atoms with Crippen LogP contribution in [0, 0.1) is 0 Å². The first kappa shape index (κ1) is 42.2. The second-order valence-electron chi connectivity index (χ2n) is 18.9. The standard InChI is InChI=1S/C70H45N3/c1-5-19-46(20-6-1)51-34-36-64-63-31-17-18-32-68(63)73(69(64)44-51)57-41-54(50-33-35-62-60-29-14-13-27-58(60)59-28-15-16-30-61(59)65(62)43-50)40-56(42-57)67-45-66(71-70(72-67)49-25-11-4-12-26-49)55-38-52(47-21-7-2-8-22-47)37-53(39-55)48-23-9-3-10-24-48/h1-45H. The summed E-state index contributed by atoms with van der Waals surface area (Å²) in [6, 6.07) is 98.7. The van der Waals surface area contributed by atoms with Gasteiger partial charge >= 0.3 is 0 Å². The van der Waals surface area contributed by atoms with Crippen molar-refractivity contribution in [2.75, 3.05) is 0 Å². The molecule has 0 N–H and O–H groups in total. The Morgan fingerprint density at radius 2 is 0.575 bits per heavy atom. The second kappa shape index (κ2) is 17.6. The zero-order chi connectivity index (χ0) is 48.2. The van der Waals surface area contributed by atoms with E-state index in [4.69, 9.17) is 9.97 Å². The summed E-state index contributed by atoms with van der Waals surface area (Å²) in [7, 11) is 0. The molecule has 14 rings (SSSR count). The van der Waals surface area contributed by atoms with Crippen molar-refractivity contribution in [1.82, 2.24) is 14.5 Å². The molecule has 3 heteroatoms. The Morgan fingerprint density at radius 3 is 1.14 bits per heavy atom. The lowest BCUT2D eigenvalue weighted by Gasteiger charge is -2.17. The number of para-hydroxylation sites is 1. The van der Waals surface area contributed by atoms with E-state index in [1.165, 1.54) is 54.2 Å². The van der Waals surface area contributed by atoms with Crippen molar-refractivity contribution < 1.29 is 0 Å². The molecule has 0 bridgehead atoms. The number of rotatable bonds is 8. The first-order valence-electron chi connectivity index (χ1n) is 25.0. The van der Waals surface area contributed by atoms with Gasteiger partial charge in [-0.25, -0.2) is 9.97 Å². The Morgan fingerprint density at radius 1 is 0.205 bits per heavy atom. The van der Waals surface area contributed by atoms with E-state index in [1.54, 1.807) is 0 Å². The van der Waals surface area contributed by atoms with Gasteiger partial charge in [0.25, 0.3) is 0 Å². The van der Waals surface area contributed by atoms with Gasteiger partial charge in [0.05, 0.1) is 22.4 Å². The number of fused-ring (bicyclic) bond motifs is 9. The van der Waals surface area contributed by atoms with Gasteiger partial charge in [0, 0.05) is 33.2 Å². The third kappa shape index (κ3) is 7.54. The van der Waals surface area contributed by atoms with E-state index in [-0.39, 0.29) is 0 Å². The van der Waals surface area contributed by atoms with Crippen LogP contribution >= 0.6 is 0 Å². The maximum atomic E-state index is 5.50. The lowest BCUT2D eigenvalue weighted by molar-refractivity contribution is 1.16. The predicted molar refractivity (Wildman–Crippen MR) is 307 cm³/mol. The first-order valence-corrected chi connectivity index (χ1v) is 25.0. The van der Waals surface area contributed by atoms with Gasteiger partial charge in [0.15, 0.2) is 5.82 Å². The molecule has 0 saturated carbocycles. The largest absolute Gasteiger partial charge is 0.309 e. The van der Waals surface area contributed by atoms with Crippen molar-refractivity contribution in [3.63, 3.8) is 0 Å². The van der Waals surface area contributed by atoms with Crippen LogP contribution in [0.15, 0.2) is 273 Å². The Bertz CT molecular complexity index is 4310. The average molecular weight is 928 g/mol. The summed E-state index contributed by atoms with van der Waals surface area (Å²) in [5.74, 6) is 0.667. The van der Waals surface area contributed by atoms with E-state index in [2.05, 4.69) is 271 Å². The van der Waals surface area contributed by atoms with Crippen LogP contribution in [-0.2, 0) is 0 Å². The van der Waals surface area contributed by atoms with E-state index in [9.17, 15) is 0 Å². The third-order valence-corrected chi connectivity index (χ3v) is 14.5. The van der Waals surface area contributed by atoms with Crippen LogP contribution in [0.25, 0.3) is 138 Å². The van der Waals surface area contributed by atoms with Gasteiger partial charge in [-0.15, -0.1) is 0 Å². The molecule has 73 heavy (non-hydrogen) atoms. The van der Waals surface area contributed by atoms with Crippen LogP contribution in [0.4, 0.5) is 0 Å². The molecule has 0 atom stereocenters. The fourth-order valence-corrected chi connectivity index (χ4v) is 11.0. The van der Waals surface area contributed by atoms with Gasteiger partial charge in [-0.05, 0) is 137 Å². The molecular formula is C70H45N3. The van der Waals surface area contributed by atoms with Gasteiger partial charge in [-0.1, -0.05) is 212 Å². The van der Waals surface area contributed by atoms with Gasteiger partial charge in [0.2, 0.25) is 0 Å². The monoisotopic (exact) mass is 927 g/mol. The maximum Gasteiger partial charge on any atom is 0.160 e. The van der Waals surface area contributed by atoms with Crippen LogP contribution in [0.1, 0.15) is 0 Å². The van der Waals surface area contributed by atoms with Crippen molar-refractivity contribution in [1.29, 1.82) is 0 Å². The molecule has 0 spiro atoms. The molecule has 12 aromatic carbocycles. The molecule has 0 aliphatic rings. The molecule has 14 aromatic rings. The molecular weight excluding hydrogens is 883 g/mol. The van der Waals surface area contributed by atoms with Crippen LogP contribution in [0.5, 0.6) is 0 Å². The topological polar surface area (TPSA) is 30.7 Å². The van der Waals surface area contributed by atoms with Crippen LogP contribution in [0.3, 0.4) is 0 Å². The van der Waals surface area contributed by atoms with E-state index in [1.807, 2.05) is 6.07 Å². The highest BCUT2D eigenvalue weighted by Crippen LogP contribution is 2.42. The first-order chi connectivity index (χ1) is 36.2. The molecule has 2 heterocycles. The molecule has 0 saturated heterocycles. The summed E-state index contributed by atoms with van der Waals surface area (Å²) in [4.78, 5) is 10.9. The normalized spacial score (nSPS) is 11.6. The zero-order valence-electron chi connectivity index (χ0n) is 39.8. The molecule has 3 nitrogen and oxygen atoms in total. The maximum absolute atomic E-state index is 5.50. The van der Waals surface area contributed by atoms with Gasteiger partial charge in [-0.3, -0.25) is 0 Å². The SMILES string of the molecule is c1ccc(-c2cc(-c3ccccc3)cc(-c3cc(-c4cc(-c5ccc6c7ccccc7c7ccccc7c6c5)cc(-n5c6ccccc6c6ccc(-c7ccccc7)cc65)c4)nc(-c4ccccc4)n3)c2)cc1. The molecule has 0 fully saturated rings. The highest BCUT2D eigenvalue weighted by molar-refractivity contribution is 6.25. The molecule has 0 aliphatic carbocycles. The van der Waals surface area contributed by atoms with Gasteiger partial charge in [0.1, 0.15) is 0 Å². The summed E-state index contributed by atoms with van der Waals surface area (Å²) in [6.45, 7) is 0. The minimum absolute atomic E-state index is 0.667. The summed E-state index contributed by atoms with van der Waals surface area (Å²) in [5, 5.41) is 9.90. The quantitative estimate of drug-likeness (QED) is 0.142. The lowest BCUT2D eigenvalue weighted by Crippen LogP contribution is -1.99. The number of hydrogen-bond acceptors (Lipinski definition) is 2. The highest BCUT2D eigenvalue weighted by Gasteiger charge is 2.19. The number of hydrogen-bond donors (Lipinski definition) is 0. The minimum Gasteiger partial charge on any atom is -0.309 e. The van der Waals surface area contributed by atoms with E-state index >= 15 is 0 Å². The molecule has 0 aliphatic heterocycles. The molecule has 0 unspecified atom stereocenters.